The number of amides is 1. The lowest BCUT2D eigenvalue weighted by Crippen LogP contribution is -2.44. The first-order valence-electron chi connectivity index (χ1n) is 11.0. The second-order valence-electron chi connectivity index (χ2n) is 8.04. The van der Waals surface area contributed by atoms with Crippen LogP contribution in [0.5, 0.6) is 0 Å². The van der Waals surface area contributed by atoms with Crippen molar-refractivity contribution >= 4 is 15.9 Å². The molecular weight excluding hydrogens is 467 g/mol. The second kappa shape index (κ2) is 10.6. The summed E-state index contributed by atoms with van der Waals surface area (Å²) < 4.78 is 43.0. The number of benzene rings is 3. The monoisotopic (exact) mass is 492 g/mol. The Morgan fingerprint density at radius 1 is 0.971 bits per heavy atom. The summed E-state index contributed by atoms with van der Waals surface area (Å²) in [5, 5.41) is 7.48. The Balaban J connectivity index is 1.49. The predicted molar refractivity (Wildman–Crippen MR) is 131 cm³/mol. The fraction of sp³-hybridized carbons (Fsp3) is 0.154. The number of rotatable bonds is 9. The third-order valence-electron chi connectivity index (χ3n) is 5.38. The Labute approximate surface area is 203 Å². The third kappa shape index (κ3) is 6.00. The van der Waals surface area contributed by atoms with Gasteiger partial charge >= 0.3 is 0 Å². The number of carbonyl (C=O) groups excluding carboxylic acids is 1. The Morgan fingerprint density at radius 2 is 1.60 bits per heavy atom. The highest BCUT2D eigenvalue weighted by atomic mass is 32.2. The predicted octanol–water partition coefficient (Wildman–Crippen LogP) is 3.72. The highest BCUT2D eigenvalue weighted by Crippen LogP contribution is 2.22. The first-order valence-corrected chi connectivity index (χ1v) is 12.5. The maximum Gasteiger partial charge on any atom is 0.244 e. The van der Waals surface area contributed by atoms with Crippen LogP contribution in [0.1, 0.15) is 18.1 Å². The Hall–Kier alpha value is -3.82. The van der Waals surface area contributed by atoms with Crippen LogP contribution in [0.25, 0.3) is 11.3 Å². The van der Waals surface area contributed by atoms with E-state index in [-0.39, 0.29) is 6.54 Å². The van der Waals surface area contributed by atoms with Gasteiger partial charge in [-0.05, 0) is 24.6 Å². The topological polar surface area (TPSA) is 93.1 Å². The van der Waals surface area contributed by atoms with Gasteiger partial charge in [-0.25, -0.2) is 12.8 Å². The number of sulfonamides is 1. The number of nitrogens with zero attached hydrogens (tertiary/aromatic N) is 2. The molecule has 1 amide bonds. The van der Waals surface area contributed by atoms with Crippen molar-refractivity contribution in [3.05, 3.63) is 108 Å². The number of hydrogen-bond acceptors (Lipinski definition) is 4. The smallest absolute Gasteiger partial charge is 0.244 e. The number of carbonyl (C=O) groups is 1. The second-order valence-corrected chi connectivity index (χ2v) is 9.73. The Bertz CT molecular complexity index is 1410. The molecule has 0 spiro atoms. The van der Waals surface area contributed by atoms with E-state index in [1.165, 1.54) is 19.1 Å². The van der Waals surface area contributed by atoms with Gasteiger partial charge in [0.1, 0.15) is 10.7 Å². The van der Waals surface area contributed by atoms with E-state index >= 15 is 0 Å². The minimum Gasteiger partial charge on any atom is -0.351 e. The molecule has 1 atom stereocenters. The molecule has 0 aliphatic rings. The molecule has 180 valence electrons. The van der Waals surface area contributed by atoms with Crippen molar-refractivity contribution in [3.8, 4) is 11.3 Å². The lowest BCUT2D eigenvalue weighted by Gasteiger charge is -2.15. The summed E-state index contributed by atoms with van der Waals surface area (Å²) in [4.78, 5) is 12.2. The standard InChI is InChI=1S/C26H25FN4O3S/c1-19(30-35(33,34)24-15-9-8-14-23(24)27)26(32)28-16-22-18-31(17-20-10-4-2-5-11-20)29-25(22)21-12-6-3-7-13-21/h2-15,18-19,30H,16-17H2,1H3,(H,28,32)/t19-/m1/s1. The molecular formula is C26H25FN4O3S. The van der Waals surface area contributed by atoms with Crippen LogP contribution in [-0.4, -0.2) is 30.1 Å². The lowest BCUT2D eigenvalue weighted by atomic mass is 10.1. The summed E-state index contributed by atoms with van der Waals surface area (Å²) in [6, 6.07) is 23.4. The number of nitrogens with one attached hydrogen (secondary N) is 2. The summed E-state index contributed by atoms with van der Waals surface area (Å²) in [7, 11) is -4.20. The van der Waals surface area contributed by atoms with E-state index in [1.807, 2.05) is 71.5 Å². The molecule has 4 rings (SSSR count). The van der Waals surface area contributed by atoms with E-state index in [9.17, 15) is 17.6 Å². The minimum absolute atomic E-state index is 0.142. The quantitative estimate of drug-likeness (QED) is 0.373. The van der Waals surface area contributed by atoms with Gasteiger partial charge in [0.25, 0.3) is 0 Å². The number of hydrogen-bond donors (Lipinski definition) is 2. The molecule has 0 unspecified atom stereocenters. The van der Waals surface area contributed by atoms with Crippen LogP contribution < -0.4 is 10.0 Å². The van der Waals surface area contributed by atoms with Crippen LogP contribution in [0, 0.1) is 5.82 Å². The number of halogens is 1. The maximum atomic E-state index is 13.9. The molecule has 7 nitrogen and oxygen atoms in total. The molecule has 4 aromatic rings. The zero-order valence-electron chi connectivity index (χ0n) is 19.1. The van der Waals surface area contributed by atoms with Gasteiger partial charge in [-0.2, -0.15) is 9.82 Å². The van der Waals surface area contributed by atoms with Crippen molar-refractivity contribution in [2.75, 3.05) is 0 Å². The van der Waals surface area contributed by atoms with Gasteiger partial charge in [0, 0.05) is 23.9 Å². The molecule has 35 heavy (non-hydrogen) atoms. The summed E-state index contributed by atoms with van der Waals surface area (Å²) >= 11 is 0. The zero-order valence-corrected chi connectivity index (χ0v) is 19.9. The molecule has 1 aromatic heterocycles. The molecule has 0 radical (unpaired) electrons. The first kappa shape index (κ1) is 24.3. The van der Waals surface area contributed by atoms with Gasteiger partial charge in [-0.1, -0.05) is 72.8 Å². The summed E-state index contributed by atoms with van der Waals surface area (Å²) in [6.07, 6.45) is 1.86. The summed E-state index contributed by atoms with van der Waals surface area (Å²) in [6.45, 7) is 2.11. The van der Waals surface area contributed by atoms with Crippen molar-refractivity contribution in [1.82, 2.24) is 19.8 Å². The minimum atomic E-state index is -4.20. The van der Waals surface area contributed by atoms with Gasteiger partial charge in [-0.15, -0.1) is 0 Å². The zero-order chi connectivity index (χ0) is 24.8. The van der Waals surface area contributed by atoms with Crippen LogP contribution in [-0.2, 0) is 27.9 Å². The van der Waals surface area contributed by atoms with Crippen molar-refractivity contribution < 1.29 is 17.6 Å². The van der Waals surface area contributed by atoms with Gasteiger partial charge in [0.05, 0.1) is 18.3 Å². The van der Waals surface area contributed by atoms with Crippen LogP contribution >= 0.6 is 0 Å². The van der Waals surface area contributed by atoms with Crippen LogP contribution in [0.2, 0.25) is 0 Å². The average molecular weight is 493 g/mol. The number of aromatic nitrogens is 2. The maximum absolute atomic E-state index is 13.9. The molecule has 1 heterocycles. The molecule has 0 saturated heterocycles. The van der Waals surface area contributed by atoms with E-state index in [1.54, 1.807) is 0 Å². The molecule has 3 aromatic carbocycles. The van der Waals surface area contributed by atoms with Gasteiger partial charge in [-0.3, -0.25) is 9.48 Å². The van der Waals surface area contributed by atoms with Gasteiger partial charge in [0.15, 0.2) is 0 Å². The highest BCUT2D eigenvalue weighted by molar-refractivity contribution is 7.89. The summed E-state index contributed by atoms with van der Waals surface area (Å²) in [5.41, 5.74) is 3.49. The fourth-order valence-corrected chi connectivity index (χ4v) is 4.91. The molecule has 0 aliphatic heterocycles. The fourth-order valence-electron chi connectivity index (χ4n) is 3.63. The molecule has 0 saturated carbocycles. The molecule has 2 N–H and O–H groups in total. The molecule has 0 fully saturated rings. The van der Waals surface area contributed by atoms with E-state index < -0.39 is 32.7 Å². The molecule has 0 bridgehead atoms. The molecule has 9 heteroatoms. The SMILES string of the molecule is C[C@@H](NS(=O)(=O)c1ccccc1F)C(=O)NCc1cn(Cc2ccccc2)nc1-c1ccccc1. The van der Waals surface area contributed by atoms with Crippen LogP contribution in [0.3, 0.4) is 0 Å². The Morgan fingerprint density at radius 3 is 2.29 bits per heavy atom. The Kier molecular flexibility index (Phi) is 7.38. The van der Waals surface area contributed by atoms with Gasteiger partial charge < -0.3 is 5.32 Å². The molecule has 0 aliphatic carbocycles. The van der Waals surface area contributed by atoms with E-state index in [2.05, 4.69) is 10.0 Å². The highest BCUT2D eigenvalue weighted by Gasteiger charge is 2.24. The van der Waals surface area contributed by atoms with Crippen LogP contribution in [0.4, 0.5) is 4.39 Å². The first-order chi connectivity index (χ1) is 16.8. The van der Waals surface area contributed by atoms with E-state index in [0.29, 0.717) is 6.54 Å². The van der Waals surface area contributed by atoms with Crippen molar-refractivity contribution in [1.29, 1.82) is 0 Å². The van der Waals surface area contributed by atoms with Crippen molar-refractivity contribution in [3.63, 3.8) is 0 Å². The van der Waals surface area contributed by atoms with Crippen molar-refractivity contribution in [2.45, 2.75) is 31.0 Å². The normalized spacial score (nSPS) is 12.3. The third-order valence-corrected chi connectivity index (χ3v) is 6.95. The average Bonchev–Trinajstić information content (AvgIpc) is 3.26. The summed E-state index contributed by atoms with van der Waals surface area (Å²) in [5.74, 6) is -1.43. The largest absolute Gasteiger partial charge is 0.351 e. The van der Waals surface area contributed by atoms with E-state index in [0.717, 1.165) is 34.5 Å². The lowest BCUT2D eigenvalue weighted by molar-refractivity contribution is -0.122. The van der Waals surface area contributed by atoms with E-state index in [4.69, 9.17) is 5.10 Å². The van der Waals surface area contributed by atoms with Crippen LogP contribution in [0.15, 0.2) is 96.0 Å². The van der Waals surface area contributed by atoms with Gasteiger partial charge in [0.2, 0.25) is 15.9 Å². The van der Waals surface area contributed by atoms with Crippen molar-refractivity contribution in [2.24, 2.45) is 0 Å².